The first kappa shape index (κ1) is 15.2. The Balaban J connectivity index is 2.46. The Bertz CT molecular complexity index is 743. The van der Waals surface area contributed by atoms with E-state index in [0.717, 1.165) is 5.56 Å². The first-order valence-corrected chi connectivity index (χ1v) is 8.29. The van der Waals surface area contributed by atoms with Crippen LogP contribution in [0.25, 0.3) is 0 Å². The Morgan fingerprint density at radius 2 is 1.95 bits per heavy atom. The molecule has 0 aliphatic carbocycles. The first-order valence-electron chi connectivity index (χ1n) is 5.64. The van der Waals surface area contributed by atoms with Crippen molar-refractivity contribution in [3.05, 3.63) is 51.5 Å². The molecule has 0 saturated heterocycles. The molecule has 2 aromatic carbocycles. The van der Waals surface area contributed by atoms with Crippen LogP contribution in [0.3, 0.4) is 0 Å². The van der Waals surface area contributed by atoms with E-state index in [-0.39, 0.29) is 4.90 Å². The molecule has 0 amide bonds. The van der Waals surface area contributed by atoms with Gasteiger partial charge in [-0.1, -0.05) is 23.7 Å². The lowest BCUT2D eigenvalue weighted by molar-refractivity contribution is 0.600. The Morgan fingerprint density at radius 1 is 1.25 bits per heavy atom. The molecule has 3 N–H and O–H groups in total. The van der Waals surface area contributed by atoms with Gasteiger partial charge in [-0.15, -0.1) is 0 Å². The van der Waals surface area contributed by atoms with Gasteiger partial charge in [-0.3, -0.25) is 4.72 Å². The van der Waals surface area contributed by atoms with Gasteiger partial charge in [0.05, 0.1) is 10.7 Å². The van der Waals surface area contributed by atoms with Gasteiger partial charge in [0.2, 0.25) is 0 Å². The number of nitrogen functional groups attached to an aromatic ring is 1. The van der Waals surface area contributed by atoms with E-state index < -0.39 is 10.0 Å². The first-order chi connectivity index (χ1) is 9.31. The minimum atomic E-state index is -3.74. The van der Waals surface area contributed by atoms with Gasteiger partial charge < -0.3 is 5.73 Å². The second kappa shape index (κ2) is 5.63. The molecule has 0 heterocycles. The summed E-state index contributed by atoms with van der Waals surface area (Å²) in [5, 5.41) is 0.347. The van der Waals surface area contributed by atoms with Crippen molar-refractivity contribution in [3.8, 4) is 0 Å². The van der Waals surface area contributed by atoms with E-state index in [1.807, 2.05) is 0 Å². The van der Waals surface area contributed by atoms with Crippen LogP contribution in [-0.2, 0) is 10.0 Å². The zero-order valence-electron chi connectivity index (χ0n) is 10.5. The maximum atomic E-state index is 12.4. The number of rotatable bonds is 3. The van der Waals surface area contributed by atoms with Crippen molar-refractivity contribution in [2.75, 3.05) is 10.5 Å². The fourth-order valence-electron chi connectivity index (χ4n) is 1.69. The van der Waals surface area contributed by atoms with E-state index in [9.17, 15) is 8.42 Å². The SMILES string of the molecule is Cc1cccc(Cl)c1NS(=O)(=O)c1ccc(N)cc1Br. The van der Waals surface area contributed by atoms with Gasteiger partial charge in [0.1, 0.15) is 4.90 Å². The van der Waals surface area contributed by atoms with Crippen LogP contribution in [0.2, 0.25) is 5.02 Å². The number of nitrogens with one attached hydrogen (secondary N) is 1. The van der Waals surface area contributed by atoms with Gasteiger partial charge in [0, 0.05) is 10.2 Å². The number of nitrogens with two attached hydrogens (primary N) is 1. The summed E-state index contributed by atoms with van der Waals surface area (Å²) in [4.78, 5) is 0.103. The summed E-state index contributed by atoms with van der Waals surface area (Å²) in [5.74, 6) is 0. The maximum absolute atomic E-state index is 12.4. The van der Waals surface area contributed by atoms with E-state index >= 15 is 0 Å². The number of halogens is 2. The van der Waals surface area contributed by atoms with E-state index in [1.165, 1.54) is 18.2 Å². The van der Waals surface area contributed by atoms with Crippen LogP contribution in [0, 0.1) is 6.92 Å². The van der Waals surface area contributed by atoms with Crippen LogP contribution < -0.4 is 10.5 Å². The zero-order valence-corrected chi connectivity index (χ0v) is 13.7. The second-order valence-electron chi connectivity index (χ2n) is 4.23. The predicted octanol–water partition coefficient (Wildman–Crippen LogP) is 3.79. The summed E-state index contributed by atoms with van der Waals surface area (Å²) in [6, 6.07) is 9.67. The minimum Gasteiger partial charge on any atom is -0.399 e. The Labute approximate surface area is 131 Å². The number of para-hydroxylation sites is 1. The van der Waals surface area contributed by atoms with Gasteiger partial charge in [-0.05, 0) is 52.7 Å². The highest BCUT2D eigenvalue weighted by molar-refractivity contribution is 9.10. The quantitative estimate of drug-likeness (QED) is 0.802. The summed E-state index contributed by atoms with van der Waals surface area (Å²) in [6.07, 6.45) is 0. The fraction of sp³-hybridized carbons (Fsp3) is 0.0769. The van der Waals surface area contributed by atoms with Crippen molar-refractivity contribution in [1.29, 1.82) is 0 Å². The van der Waals surface area contributed by atoms with Gasteiger partial charge >= 0.3 is 0 Å². The van der Waals surface area contributed by atoms with Crippen molar-refractivity contribution in [2.24, 2.45) is 0 Å². The summed E-state index contributed by atoms with van der Waals surface area (Å²) < 4.78 is 27.7. The van der Waals surface area contributed by atoms with Crippen LogP contribution >= 0.6 is 27.5 Å². The van der Waals surface area contributed by atoms with Crippen molar-refractivity contribution in [3.63, 3.8) is 0 Å². The van der Waals surface area contributed by atoms with Crippen LogP contribution in [-0.4, -0.2) is 8.42 Å². The summed E-state index contributed by atoms with van der Waals surface area (Å²) >= 11 is 9.23. The lowest BCUT2D eigenvalue weighted by Crippen LogP contribution is -2.14. The molecule has 0 unspecified atom stereocenters. The number of aryl methyl sites for hydroxylation is 1. The molecule has 4 nitrogen and oxygen atoms in total. The highest BCUT2D eigenvalue weighted by Crippen LogP contribution is 2.30. The molecule has 0 bridgehead atoms. The standard InChI is InChI=1S/C13H12BrClN2O2S/c1-8-3-2-4-11(15)13(8)17-20(18,19)12-6-5-9(16)7-10(12)14/h2-7,17H,16H2,1H3. The van der Waals surface area contributed by atoms with Gasteiger partial charge in [0.15, 0.2) is 0 Å². The molecule has 0 spiro atoms. The van der Waals surface area contributed by atoms with Crippen molar-refractivity contribution < 1.29 is 8.42 Å². The summed E-state index contributed by atoms with van der Waals surface area (Å²) in [5.41, 5.74) is 7.20. The third-order valence-electron chi connectivity index (χ3n) is 2.70. The van der Waals surface area contributed by atoms with Crippen LogP contribution in [0.15, 0.2) is 45.8 Å². The van der Waals surface area contributed by atoms with Gasteiger partial charge in [-0.2, -0.15) is 0 Å². The number of benzene rings is 2. The molecule has 0 radical (unpaired) electrons. The molecule has 0 fully saturated rings. The van der Waals surface area contributed by atoms with E-state index in [0.29, 0.717) is 20.9 Å². The van der Waals surface area contributed by atoms with Crippen molar-refractivity contribution >= 4 is 48.9 Å². The largest absolute Gasteiger partial charge is 0.399 e. The van der Waals surface area contributed by atoms with Crippen LogP contribution in [0.4, 0.5) is 11.4 Å². The molecule has 2 rings (SSSR count). The molecule has 0 aliphatic heterocycles. The van der Waals surface area contributed by atoms with Crippen LogP contribution in [0.5, 0.6) is 0 Å². The number of sulfonamides is 1. The maximum Gasteiger partial charge on any atom is 0.263 e. The molecule has 0 aromatic heterocycles. The molecule has 2 aromatic rings. The van der Waals surface area contributed by atoms with E-state index in [4.69, 9.17) is 17.3 Å². The fourth-order valence-corrected chi connectivity index (χ4v) is 4.26. The molecule has 20 heavy (non-hydrogen) atoms. The average Bonchev–Trinajstić information content (AvgIpc) is 2.33. The topological polar surface area (TPSA) is 72.2 Å². The minimum absolute atomic E-state index is 0.103. The highest BCUT2D eigenvalue weighted by atomic mass is 79.9. The molecular weight excluding hydrogens is 364 g/mol. The number of anilines is 2. The summed E-state index contributed by atoms with van der Waals surface area (Å²) in [6.45, 7) is 1.78. The lowest BCUT2D eigenvalue weighted by atomic mass is 10.2. The van der Waals surface area contributed by atoms with Crippen molar-refractivity contribution in [1.82, 2.24) is 0 Å². The third-order valence-corrected chi connectivity index (χ3v) is 5.35. The molecular formula is C13H12BrClN2O2S. The highest BCUT2D eigenvalue weighted by Gasteiger charge is 2.19. The van der Waals surface area contributed by atoms with E-state index in [1.54, 1.807) is 25.1 Å². The normalized spacial score (nSPS) is 11.3. The third kappa shape index (κ3) is 3.08. The predicted molar refractivity (Wildman–Crippen MR) is 85.6 cm³/mol. The molecule has 0 aliphatic rings. The number of hydrogen-bond donors (Lipinski definition) is 2. The monoisotopic (exact) mass is 374 g/mol. The Kier molecular flexibility index (Phi) is 4.27. The smallest absolute Gasteiger partial charge is 0.263 e. The Morgan fingerprint density at radius 3 is 2.55 bits per heavy atom. The average molecular weight is 376 g/mol. The lowest BCUT2D eigenvalue weighted by Gasteiger charge is -2.13. The second-order valence-corrected chi connectivity index (χ2v) is 7.14. The zero-order chi connectivity index (χ0) is 14.9. The van der Waals surface area contributed by atoms with Gasteiger partial charge in [-0.25, -0.2) is 8.42 Å². The number of hydrogen-bond acceptors (Lipinski definition) is 3. The van der Waals surface area contributed by atoms with Gasteiger partial charge in [0.25, 0.3) is 10.0 Å². The van der Waals surface area contributed by atoms with E-state index in [2.05, 4.69) is 20.7 Å². The summed E-state index contributed by atoms with van der Waals surface area (Å²) in [7, 11) is -3.74. The van der Waals surface area contributed by atoms with Crippen LogP contribution in [0.1, 0.15) is 5.56 Å². The molecule has 106 valence electrons. The van der Waals surface area contributed by atoms with Crippen molar-refractivity contribution in [2.45, 2.75) is 11.8 Å². The molecule has 0 atom stereocenters. The molecule has 0 saturated carbocycles. The molecule has 7 heteroatoms. The Hall–Kier alpha value is -1.24.